The number of ketones is 1. The molecule has 0 fully saturated rings. The number of Topliss-reactive ketones (excluding diaryl/α,β-unsaturated/α-hetero) is 1. The van der Waals surface area contributed by atoms with Crippen LogP contribution in [0.15, 0.2) is 42.7 Å². The molecule has 4 nitrogen and oxygen atoms in total. The number of nitrogens with zero attached hydrogens (tertiary/aromatic N) is 2. The first-order valence-corrected chi connectivity index (χ1v) is 7.20. The van der Waals surface area contributed by atoms with Crippen LogP contribution in [0.5, 0.6) is 0 Å². The van der Waals surface area contributed by atoms with Gasteiger partial charge < -0.3 is 4.90 Å². The summed E-state index contributed by atoms with van der Waals surface area (Å²) in [5.41, 5.74) is 3.31. The van der Waals surface area contributed by atoms with Gasteiger partial charge in [0.15, 0.2) is 5.78 Å². The standard InChI is InChI=1S/C18H20N2O2/c1-12-7-8-15(10-13(12)2)17(21)14(3)20(4)18(22)16-6-5-9-19-11-16/h5-11,14H,1-4H3. The zero-order chi connectivity index (χ0) is 16.3. The highest BCUT2D eigenvalue weighted by Gasteiger charge is 2.24. The van der Waals surface area contributed by atoms with E-state index in [4.69, 9.17) is 0 Å². The fourth-order valence-corrected chi connectivity index (χ4v) is 2.18. The van der Waals surface area contributed by atoms with Gasteiger partial charge in [-0.15, -0.1) is 0 Å². The average Bonchev–Trinajstić information content (AvgIpc) is 2.55. The molecule has 1 aromatic heterocycles. The van der Waals surface area contributed by atoms with Crippen molar-refractivity contribution in [3.8, 4) is 0 Å². The maximum absolute atomic E-state index is 12.6. The summed E-state index contributed by atoms with van der Waals surface area (Å²) >= 11 is 0. The third kappa shape index (κ3) is 3.22. The summed E-state index contributed by atoms with van der Waals surface area (Å²) in [6.07, 6.45) is 3.12. The zero-order valence-corrected chi connectivity index (χ0v) is 13.3. The van der Waals surface area contributed by atoms with E-state index in [2.05, 4.69) is 4.98 Å². The van der Waals surface area contributed by atoms with Gasteiger partial charge in [-0.05, 0) is 50.1 Å². The predicted molar refractivity (Wildman–Crippen MR) is 86.0 cm³/mol. The van der Waals surface area contributed by atoms with Crippen molar-refractivity contribution in [3.63, 3.8) is 0 Å². The maximum Gasteiger partial charge on any atom is 0.255 e. The first-order chi connectivity index (χ1) is 10.4. The number of rotatable bonds is 4. The lowest BCUT2D eigenvalue weighted by molar-refractivity contribution is 0.0674. The van der Waals surface area contributed by atoms with E-state index in [-0.39, 0.29) is 11.7 Å². The number of hydrogen-bond donors (Lipinski definition) is 0. The number of benzene rings is 1. The van der Waals surface area contributed by atoms with Crippen molar-refractivity contribution in [2.24, 2.45) is 0 Å². The summed E-state index contributed by atoms with van der Waals surface area (Å²) in [5.74, 6) is -0.277. The van der Waals surface area contributed by atoms with Gasteiger partial charge in [0, 0.05) is 25.0 Å². The molecule has 1 heterocycles. The molecule has 0 saturated heterocycles. The van der Waals surface area contributed by atoms with Crippen LogP contribution in [0.1, 0.15) is 38.8 Å². The second-order valence-electron chi connectivity index (χ2n) is 5.50. The van der Waals surface area contributed by atoms with E-state index < -0.39 is 6.04 Å². The van der Waals surface area contributed by atoms with Gasteiger partial charge in [-0.2, -0.15) is 0 Å². The van der Waals surface area contributed by atoms with Gasteiger partial charge >= 0.3 is 0 Å². The van der Waals surface area contributed by atoms with E-state index in [1.54, 1.807) is 32.3 Å². The Labute approximate surface area is 130 Å². The second kappa shape index (κ2) is 6.52. The van der Waals surface area contributed by atoms with Crippen LogP contribution in [0, 0.1) is 13.8 Å². The molecule has 2 aromatic rings. The Kier molecular flexibility index (Phi) is 4.71. The number of hydrogen-bond acceptors (Lipinski definition) is 3. The molecule has 22 heavy (non-hydrogen) atoms. The molecule has 2 rings (SSSR count). The number of carbonyl (C=O) groups excluding carboxylic acids is 2. The normalized spacial score (nSPS) is 11.8. The summed E-state index contributed by atoms with van der Waals surface area (Å²) < 4.78 is 0. The van der Waals surface area contributed by atoms with Gasteiger partial charge in [0.2, 0.25) is 0 Å². The number of likely N-dealkylation sites (N-methyl/N-ethyl adjacent to an activating group) is 1. The van der Waals surface area contributed by atoms with Crippen LogP contribution in [0.25, 0.3) is 0 Å². The lowest BCUT2D eigenvalue weighted by Crippen LogP contribution is -2.40. The molecule has 0 aliphatic carbocycles. The van der Waals surface area contributed by atoms with Crippen molar-refractivity contribution in [3.05, 3.63) is 65.0 Å². The molecule has 1 atom stereocenters. The number of amides is 1. The largest absolute Gasteiger partial charge is 0.332 e. The molecule has 114 valence electrons. The highest BCUT2D eigenvalue weighted by molar-refractivity contribution is 6.04. The highest BCUT2D eigenvalue weighted by atomic mass is 16.2. The van der Waals surface area contributed by atoms with Gasteiger partial charge in [-0.25, -0.2) is 0 Å². The first kappa shape index (κ1) is 15.9. The van der Waals surface area contributed by atoms with Crippen LogP contribution >= 0.6 is 0 Å². The molecular formula is C18H20N2O2. The minimum absolute atomic E-state index is 0.0668. The molecule has 0 radical (unpaired) electrons. The molecule has 0 aliphatic heterocycles. The molecule has 0 bridgehead atoms. The smallest absolute Gasteiger partial charge is 0.255 e. The van der Waals surface area contributed by atoms with E-state index in [0.29, 0.717) is 11.1 Å². The van der Waals surface area contributed by atoms with Crippen molar-refractivity contribution in [2.75, 3.05) is 7.05 Å². The van der Waals surface area contributed by atoms with Crippen LogP contribution in [0.4, 0.5) is 0 Å². The van der Waals surface area contributed by atoms with Crippen molar-refractivity contribution in [2.45, 2.75) is 26.8 Å². The molecule has 0 N–H and O–H groups in total. The summed E-state index contributed by atoms with van der Waals surface area (Å²) in [7, 11) is 1.64. The SMILES string of the molecule is Cc1ccc(C(=O)C(C)N(C)C(=O)c2cccnc2)cc1C. The molecule has 0 saturated carbocycles. The van der Waals surface area contributed by atoms with E-state index in [1.807, 2.05) is 32.0 Å². The third-order valence-corrected chi connectivity index (χ3v) is 3.98. The van der Waals surface area contributed by atoms with Gasteiger partial charge in [0.1, 0.15) is 0 Å². The molecule has 1 aromatic carbocycles. The third-order valence-electron chi connectivity index (χ3n) is 3.98. The Hall–Kier alpha value is -2.49. The van der Waals surface area contributed by atoms with Crippen molar-refractivity contribution < 1.29 is 9.59 Å². The summed E-state index contributed by atoms with van der Waals surface area (Å²) in [6.45, 7) is 5.72. The van der Waals surface area contributed by atoms with E-state index in [9.17, 15) is 9.59 Å². The molecule has 4 heteroatoms. The first-order valence-electron chi connectivity index (χ1n) is 7.20. The van der Waals surface area contributed by atoms with E-state index in [0.717, 1.165) is 11.1 Å². The topological polar surface area (TPSA) is 50.3 Å². The Bertz CT molecular complexity index is 695. The minimum atomic E-state index is -0.533. The Balaban J connectivity index is 2.19. The molecular weight excluding hydrogens is 276 g/mol. The average molecular weight is 296 g/mol. The number of pyridine rings is 1. The highest BCUT2D eigenvalue weighted by Crippen LogP contribution is 2.15. The summed E-state index contributed by atoms with van der Waals surface area (Å²) in [4.78, 5) is 30.3. The van der Waals surface area contributed by atoms with Crippen molar-refractivity contribution >= 4 is 11.7 Å². The van der Waals surface area contributed by atoms with Crippen molar-refractivity contribution in [1.82, 2.24) is 9.88 Å². The number of carbonyl (C=O) groups is 2. The molecule has 1 unspecified atom stereocenters. The quantitative estimate of drug-likeness (QED) is 0.815. The second-order valence-corrected chi connectivity index (χ2v) is 5.50. The Morgan fingerprint density at radius 3 is 2.41 bits per heavy atom. The summed E-state index contributed by atoms with van der Waals surface area (Å²) in [5, 5.41) is 0. The predicted octanol–water partition coefficient (Wildman–Crippen LogP) is 3.04. The van der Waals surface area contributed by atoms with Crippen LogP contribution in [-0.4, -0.2) is 34.7 Å². The van der Waals surface area contributed by atoms with Crippen LogP contribution in [0.3, 0.4) is 0 Å². The zero-order valence-electron chi connectivity index (χ0n) is 13.3. The van der Waals surface area contributed by atoms with Gasteiger partial charge in [-0.3, -0.25) is 14.6 Å². The lowest BCUT2D eigenvalue weighted by atomic mass is 9.99. The van der Waals surface area contributed by atoms with Crippen LogP contribution in [0.2, 0.25) is 0 Å². The van der Waals surface area contributed by atoms with Crippen molar-refractivity contribution in [1.29, 1.82) is 0 Å². The fourth-order valence-electron chi connectivity index (χ4n) is 2.18. The minimum Gasteiger partial charge on any atom is -0.332 e. The van der Waals surface area contributed by atoms with Crippen LogP contribution in [-0.2, 0) is 0 Å². The lowest BCUT2D eigenvalue weighted by Gasteiger charge is -2.24. The van der Waals surface area contributed by atoms with Gasteiger partial charge in [0.05, 0.1) is 11.6 Å². The van der Waals surface area contributed by atoms with Gasteiger partial charge in [0.25, 0.3) is 5.91 Å². The monoisotopic (exact) mass is 296 g/mol. The van der Waals surface area contributed by atoms with Crippen LogP contribution < -0.4 is 0 Å². The molecule has 1 amide bonds. The molecule has 0 spiro atoms. The van der Waals surface area contributed by atoms with E-state index in [1.165, 1.54) is 11.1 Å². The fraction of sp³-hybridized carbons (Fsp3) is 0.278. The number of aryl methyl sites for hydroxylation is 2. The Morgan fingerprint density at radius 1 is 1.09 bits per heavy atom. The summed E-state index contributed by atoms with van der Waals surface area (Å²) in [6, 6.07) is 8.48. The van der Waals surface area contributed by atoms with E-state index >= 15 is 0 Å². The maximum atomic E-state index is 12.6. The Morgan fingerprint density at radius 2 is 1.82 bits per heavy atom. The number of aromatic nitrogens is 1. The van der Waals surface area contributed by atoms with Gasteiger partial charge in [-0.1, -0.05) is 12.1 Å². The molecule has 0 aliphatic rings.